The predicted octanol–water partition coefficient (Wildman–Crippen LogP) is 3.46. The van der Waals surface area contributed by atoms with Crippen LogP contribution in [0.5, 0.6) is 0 Å². The van der Waals surface area contributed by atoms with Crippen LogP contribution >= 0.6 is 0 Å². The van der Waals surface area contributed by atoms with E-state index in [0.717, 1.165) is 18.8 Å². The summed E-state index contributed by atoms with van der Waals surface area (Å²) in [5, 5.41) is 0. The predicted molar refractivity (Wildman–Crippen MR) is 61.6 cm³/mol. The van der Waals surface area contributed by atoms with Gasteiger partial charge < -0.3 is 4.74 Å². The van der Waals surface area contributed by atoms with Crippen molar-refractivity contribution >= 4 is 5.97 Å². The lowest BCUT2D eigenvalue weighted by molar-refractivity contribution is -0.144. The van der Waals surface area contributed by atoms with Crippen LogP contribution in [-0.2, 0) is 9.53 Å². The van der Waals surface area contributed by atoms with Gasteiger partial charge in [-0.25, -0.2) is 4.79 Å². The van der Waals surface area contributed by atoms with Crippen molar-refractivity contribution in [1.82, 2.24) is 0 Å². The Morgan fingerprint density at radius 1 is 1.40 bits per heavy atom. The van der Waals surface area contributed by atoms with Gasteiger partial charge in [0.05, 0.1) is 0 Å². The normalized spacial score (nSPS) is 25.9. The third-order valence-corrected chi connectivity index (χ3v) is 3.21. The Kier molecular flexibility index (Phi) is 5.44. The SMILES string of the molecule is C=CC(=O)OC1CCC(CCCC)CC1. The molecule has 1 saturated carbocycles. The molecule has 1 aliphatic carbocycles. The third-order valence-electron chi connectivity index (χ3n) is 3.21. The summed E-state index contributed by atoms with van der Waals surface area (Å²) in [6.45, 7) is 5.64. The molecular formula is C13H22O2. The molecule has 86 valence electrons. The summed E-state index contributed by atoms with van der Waals surface area (Å²) in [4.78, 5) is 11.0. The van der Waals surface area contributed by atoms with E-state index in [0.29, 0.717) is 0 Å². The molecule has 0 aromatic heterocycles. The lowest BCUT2D eigenvalue weighted by Crippen LogP contribution is -2.23. The molecule has 0 amide bonds. The Morgan fingerprint density at radius 2 is 2.07 bits per heavy atom. The fourth-order valence-corrected chi connectivity index (χ4v) is 2.24. The van der Waals surface area contributed by atoms with E-state index >= 15 is 0 Å². The standard InChI is InChI=1S/C13H22O2/c1-3-5-6-11-7-9-12(10-8-11)15-13(14)4-2/h4,11-12H,2-3,5-10H2,1H3. The highest BCUT2D eigenvalue weighted by Crippen LogP contribution is 2.29. The topological polar surface area (TPSA) is 26.3 Å². The lowest BCUT2D eigenvalue weighted by Gasteiger charge is -2.27. The summed E-state index contributed by atoms with van der Waals surface area (Å²) in [5.41, 5.74) is 0. The molecule has 0 heterocycles. The second-order valence-corrected chi connectivity index (χ2v) is 4.43. The number of carbonyl (C=O) groups is 1. The van der Waals surface area contributed by atoms with Gasteiger partial charge in [-0.05, 0) is 31.6 Å². The Hall–Kier alpha value is -0.790. The maximum atomic E-state index is 11.0. The van der Waals surface area contributed by atoms with E-state index in [2.05, 4.69) is 13.5 Å². The van der Waals surface area contributed by atoms with Gasteiger partial charge in [-0.15, -0.1) is 0 Å². The molecule has 1 fully saturated rings. The van der Waals surface area contributed by atoms with Crippen LogP contribution in [0.15, 0.2) is 12.7 Å². The van der Waals surface area contributed by atoms with Crippen molar-refractivity contribution in [2.75, 3.05) is 0 Å². The molecule has 0 bridgehead atoms. The zero-order valence-electron chi connectivity index (χ0n) is 9.71. The quantitative estimate of drug-likeness (QED) is 0.513. The van der Waals surface area contributed by atoms with E-state index in [4.69, 9.17) is 4.74 Å². The van der Waals surface area contributed by atoms with Gasteiger partial charge in [0.25, 0.3) is 0 Å². The minimum Gasteiger partial charge on any atom is -0.459 e. The third kappa shape index (κ3) is 4.50. The molecule has 0 unspecified atom stereocenters. The fourth-order valence-electron chi connectivity index (χ4n) is 2.24. The highest BCUT2D eigenvalue weighted by Gasteiger charge is 2.22. The van der Waals surface area contributed by atoms with Gasteiger partial charge in [0.1, 0.15) is 6.10 Å². The summed E-state index contributed by atoms with van der Waals surface area (Å²) < 4.78 is 5.24. The van der Waals surface area contributed by atoms with Gasteiger partial charge in [-0.1, -0.05) is 32.8 Å². The molecule has 2 heteroatoms. The van der Waals surface area contributed by atoms with Crippen molar-refractivity contribution in [3.8, 4) is 0 Å². The summed E-state index contributed by atoms with van der Waals surface area (Å²) in [5.74, 6) is 0.593. The first kappa shape index (κ1) is 12.3. The minimum atomic E-state index is -0.271. The molecule has 0 aliphatic heterocycles. The Bertz CT molecular complexity index is 203. The summed E-state index contributed by atoms with van der Waals surface area (Å²) >= 11 is 0. The van der Waals surface area contributed by atoms with Crippen molar-refractivity contribution in [1.29, 1.82) is 0 Å². The number of hydrogen-bond donors (Lipinski definition) is 0. The van der Waals surface area contributed by atoms with Gasteiger partial charge >= 0.3 is 5.97 Å². The molecule has 1 rings (SSSR count). The number of ether oxygens (including phenoxy) is 1. The van der Waals surface area contributed by atoms with Crippen LogP contribution in [0, 0.1) is 5.92 Å². The number of unbranched alkanes of at least 4 members (excludes halogenated alkanes) is 1. The second-order valence-electron chi connectivity index (χ2n) is 4.43. The van der Waals surface area contributed by atoms with Gasteiger partial charge in [-0.3, -0.25) is 0 Å². The van der Waals surface area contributed by atoms with Crippen LogP contribution in [-0.4, -0.2) is 12.1 Å². The van der Waals surface area contributed by atoms with Crippen LogP contribution in [0.25, 0.3) is 0 Å². The molecule has 0 atom stereocenters. The van der Waals surface area contributed by atoms with Crippen molar-refractivity contribution in [2.45, 2.75) is 58.0 Å². The van der Waals surface area contributed by atoms with Gasteiger partial charge in [0.2, 0.25) is 0 Å². The van der Waals surface area contributed by atoms with E-state index in [1.165, 1.54) is 38.2 Å². The van der Waals surface area contributed by atoms with Crippen LogP contribution in [0.2, 0.25) is 0 Å². The first-order chi connectivity index (χ1) is 7.26. The molecule has 1 aliphatic rings. The zero-order chi connectivity index (χ0) is 11.1. The van der Waals surface area contributed by atoms with E-state index < -0.39 is 0 Å². The Labute approximate surface area is 92.7 Å². The molecule has 0 aromatic rings. The number of hydrogen-bond acceptors (Lipinski definition) is 2. The Balaban J connectivity index is 2.17. The van der Waals surface area contributed by atoms with E-state index in [-0.39, 0.29) is 12.1 Å². The number of rotatable bonds is 5. The smallest absolute Gasteiger partial charge is 0.330 e. The van der Waals surface area contributed by atoms with Crippen LogP contribution in [0.1, 0.15) is 51.9 Å². The molecule has 0 saturated heterocycles. The van der Waals surface area contributed by atoms with Crippen molar-refractivity contribution in [2.24, 2.45) is 5.92 Å². The van der Waals surface area contributed by atoms with E-state index in [9.17, 15) is 4.79 Å². The van der Waals surface area contributed by atoms with Crippen LogP contribution < -0.4 is 0 Å². The monoisotopic (exact) mass is 210 g/mol. The maximum absolute atomic E-state index is 11.0. The van der Waals surface area contributed by atoms with E-state index in [1.807, 2.05) is 0 Å². The molecule has 0 spiro atoms. The van der Waals surface area contributed by atoms with Crippen LogP contribution in [0.4, 0.5) is 0 Å². The lowest BCUT2D eigenvalue weighted by atomic mass is 9.84. The molecule has 0 aromatic carbocycles. The van der Waals surface area contributed by atoms with Gasteiger partial charge in [-0.2, -0.15) is 0 Å². The fraction of sp³-hybridized carbons (Fsp3) is 0.769. The van der Waals surface area contributed by atoms with Crippen molar-refractivity contribution in [3.05, 3.63) is 12.7 Å². The minimum absolute atomic E-state index is 0.147. The second kappa shape index (κ2) is 6.65. The molecular weight excluding hydrogens is 188 g/mol. The number of esters is 1. The highest BCUT2D eigenvalue weighted by molar-refractivity contribution is 5.81. The maximum Gasteiger partial charge on any atom is 0.330 e. The summed E-state index contributed by atoms with van der Waals surface area (Å²) in [6.07, 6.45) is 9.87. The number of carbonyl (C=O) groups excluding carboxylic acids is 1. The molecule has 2 nitrogen and oxygen atoms in total. The van der Waals surface area contributed by atoms with E-state index in [1.54, 1.807) is 0 Å². The Morgan fingerprint density at radius 3 is 2.60 bits per heavy atom. The highest BCUT2D eigenvalue weighted by atomic mass is 16.5. The zero-order valence-corrected chi connectivity index (χ0v) is 9.71. The largest absolute Gasteiger partial charge is 0.459 e. The first-order valence-electron chi connectivity index (χ1n) is 6.09. The molecule has 0 radical (unpaired) electrons. The molecule has 0 N–H and O–H groups in total. The average Bonchev–Trinajstić information content (AvgIpc) is 2.28. The van der Waals surface area contributed by atoms with Gasteiger partial charge in [0.15, 0.2) is 0 Å². The first-order valence-corrected chi connectivity index (χ1v) is 6.09. The van der Waals surface area contributed by atoms with Gasteiger partial charge in [0, 0.05) is 6.08 Å². The molecule has 15 heavy (non-hydrogen) atoms. The summed E-state index contributed by atoms with van der Waals surface area (Å²) in [7, 11) is 0. The van der Waals surface area contributed by atoms with Crippen LogP contribution in [0.3, 0.4) is 0 Å². The summed E-state index contributed by atoms with van der Waals surface area (Å²) in [6, 6.07) is 0. The van der Waals surface area contributed by atoms with Crippen molar-refractivity contribution in [3.63, 3.8) is 0 Å². The van der Waals surface area contributed by atoms with Crippen molar-refractivity contribution < 1.29 is 9.53 Å². The average molecular weight is 210 g/mol.